The quantitative estimate of drug-likeness (QED) is 0.107. The molecule has 0 aliphatic carbocycles. The van der Waals surface area contributed by atoms with Gasteiger partial charge in [0.1, 0.15) is 17.1 Å². The molecule has 3 rings (SSSR count). The van der Waals surface area contributed by atoms with Gasteiger partial charge in [0, 0.05) is 17.1 Å². The number of guanidine groups is 1. The highest BCUT2D eigenvalue weighted by molar-refractivity contribution is 7.86. The molecule has 1 aliphatic rings. The fraction of sp³-hybridized carbons (Fsp3) is 0.217. The minimum absolute atomic E-state index is 0.0167. The highest BCUT2D eigenvalue weighted by atomic mass is 32.2. The van der Waals surface area contributed by atoms with Crippen LogP contribution >= 0.6 is 0 Å². The molecule has 9 N–H and O–H groups in total. The fourth-order valence-electron chi connectivity index (χ4n) is 3.80. The Labute approximate surface area is 225 Å². The van der Waals surface area contributed by atoms with E-state index < -0.39 is 36.4 Å². The molecule has 210 valence electrons. The van der Waals surface area contributed by atoms with Crippen LogP contribution in [0.1, 0.15) is 19.8 Å². The molecule has 1 unspecified atom stereocenters. The molecule has 2 aromatic carbocycles. The van der Waals surface area contributed by atoms with Gasteiger partial charge in [-0.05, 0) is 49.4 Å². The fourth-order valence-corrected chi connectivity index (χ4v) is 5.18. The number of benzene rings is 2. The lowest BCUT2D eigenvalue weighted by Gasteiger charge is -2.15. The van der Waals surface area contributed by atoms with Gasteiger partial charge in [0.15, 0.2) is 5.96 Å². The van der Waals surface area contributed by atoms with Crippen molar-refractivity contribution in [2.24, 2.45) is 15.7 Å². The first-order valence-corrected chi connectivity index (χ1v) is 14.2. The first kappa shape index (κ1) is 29.6. The van der Waals surface area contributed by atoms with Crippen molar-refractivity contribution in [2.75, 3.05) is 5.32 Å². The van der Waals surface area contributed by atoms with Crippen molar-refractivity contribution in [1.82, 2.24) is 16.0 Å². The van der Waals surface area contributed by atoms with Crippen molar-refractivity contribution < 1.29 is 31.0 Å². The average Bonchev–Trinajstić information content (AvgIpc) is 3.20. The molecule has 14 nitrogen and oxygen atoms in total. The topological polar surface area (TPSA) is 228 Å². The van der Waals surface area contributed by atoms with Crippen molar-refractivity contribution in [3.63, 3.8) is 0 Å². The van der Waals surface area contributed by atoms with E-state index in [0.717, 1.165) is 35.9 Å². The van der Waals surface area contributed by atoms with Crippen LogP contribution in [0.5, 0.6) is 0 Å². The summed E-state index contributed by atoms with van der Waals surface area (Å²) in [6, 6.07) is 5.79. The van der Waals surface area contributed by atoms with Crippen molar-refractivity contribution in [2.45, 2.75) is 42.0 Å². The van der Waals surface area contributed by atoms with Gasteiger partial charge in [-0.25, -0.2) is 9.98 Å². The molecule has 1 heterocycles. The molecule has 0 saturated carbocycles. The van der Waals surface area contributed by atoms with Crippen LogP contribution in [-0.2, 0) is 20.2 Å². The average molecular weight is 580 g/mol. The zero-order valence-electron chi connectivity index (χ0n) is 20.8. The second-order valence-corrected chi connectivity index (χ2v) is 11.3. The van der Waals surface area contributed by atoms with Crippen molar-refractivity contribution >= 4 is 49.0 Å². The molecule has 0 fully saturated rings. The van der Waals surface area contributed by atoms with Crippen molar-refractivity contribution in [1.29, 1.82) is 0 Å². The molecule has 0 spiro atoms. The number of rotatable bonds is 11. The number of aliphatic imine (C=N–C) groups is 2. The van der Waals surface area contributed by atoms with Gasteiger partial charge in [-0.1, -0.05) is 25.3 Å². The van der Waals surface area contributed by atoms with Crippen LogP contribution in [0.15, 0.2) is 86.6 Å². The van der Waals surface area contributed by atoms with Gasteiger partial charge in [0.05, 0.1) is 16.3 Å². The van der Waals surface area contributed by atoms with E-state index in [1.54, 1.807) is 6.08 Å². The Balaban J connectivity index is 1.68. The number of hydrogen-bond donors (Lipinski definition) is 8. The summed E-state index contributed by atoms with van der Waals surface area (Å²) >= 11 is 0. The molecule has 1 aliphatic heterocycles. The predicted molar refractivity (Wildman–Crippen MR) is 148 cm³/mol. The van der Waals surface area contributed by atoms with E-state index >= 15 is 0 Å². The zero-order chi connectivity index (χ0) is 29.0. The number of aliphatic hydroxyl groups excluding tert-OH is 1. The molecular weight excluding hydrogens is 550 g/mol. The Morgan fingerprint density at radius 1 is 1.18 bits per heavy atom. The van der Waals surface area contributed by atoms with Crippen LogP contribution in [0.25, 0.3) is 10.8 Å². The highest BCUT2D eigenvalue weighted by Crippen LogP contribution is 2.32. The minimum Gasteiger partial charge on any atom is -0.369 e. The van der Waals surface area contributed by atoms with Crippen LogP contribution in [0.2, 0.25) is 0 Å². The third-order valence-corrected chi connectivity index (χ3v) is 7.35. The Kier molecular flexibility index (Phi) is 8.98. The van der Waals surface area contributed by atoms with Gasteiger partial charge >= 0.3 is 0 Å². The van der Waals surface area contributed by atoms with Crippen LogP contribution in [-0.4, -0.2) is 55.7 Å². The molecule has 2 aromatic rings. The summed E-state index contributed by atoms with van der Waals surface area (Å²) in [7, 11) is -9.32. The van der Waals surface area contributed by atoms with E-state index in [1.165, 1.54) is 12.1 Å². The molecule has 0 saturated heterocycles. The minimum atomic E-state index is -4.80. The number of hydrogen-bond acceptors (Lipinski definition) is 9. The molecule has 39 heavy (non-hydrogen) atoms. The van der Waals surface area contributed by atoms with Crippen LogP contribution in [0.4, 0.5) is 5.69 Å². The number of anilines is 1. The monoisotopic (exact) mass is 579 g/mol. The third kappa shape index (κ3) is 7.78. The lowest BCUT2D eigenvalue weighted by Crippen LogP contribution is -2.32. The first-order chi connectivity index (χ1) is 18.2. The molecular formula is C23H29N7O7S2. The van der Waals surface area contributed by atoms with Crippen LogP contribution in [0, 0.1) is 0 Å². The maximum absolute atomic E-state index is 12.1. The number of aliphatic hydroxyl groups is 1. The second-order valence-electron chi connectivity index (χ2n) is 8.48. The molecule has 0 bridgehead atoms. The van der Waals surface area contributed by atoms with E-state index in [4.69, 9.17) is 5.73 Å². The van der Waals surface area contributed by atoms with E-state index in [2.05, 4.69) is 44.4 Å². The van der Waals surface area contributed by atoms with Gasteiger partial charge in [0.2, 0.25) is 6.35 Å². The molecule has 0 amide bonds. The van der Waals surface area contributed by atoms with E-state index in [1.807, 2.05) is 6.92 Å². The van der Waals surface area contributed by atoms with E-state index in [-0.39, 0.29) is 34.3 Å². The van der Waals surface area contributed by atoms with Crippen molar-refractivity contribution in [3.05, 3.63) is 66.8 Å². The largest absolute Gasteiger partial charge is 0.369 e. The number of allylic oxidation sites excluding steroid dienone is 2. The Hall–Kier alpha value is -3.96. The number of fused-ring (bicyclic) bond motifs is 1. The summed E-state index contributed by atoms with van der Waals surface area (Å²) in [5.74, 6) is 0.0224. The van der Waals surface area contributed by atoms with Gasteiger partial charge in [-0.3, -0.25) is 9.11 Å². The maximum Gasteiger partial charge on any atom is 0.297 e. The smallest absolute Gasteiger partial charge is 0.297 e. The summed E-state index contributed by atoms with van der Waals surface area (Å²) < 4.78 is 66.1. The Morgan fingerprint density at radius 2 is 1.90 bits per heavy atom. The summed E-state index contributed by atoms with van der Waals surface area (Å²) in [6.07, 6.45) is 3.17. The summed E-state index contributed by atoms with van der Waals surface area (Å²) in [4.78, 5) is 6.93. The van der Waals surface area contributed by atoms with Gasteiger partial charge in [-0.2, -0.15) is 16.8 Å². The Bertz CT molecular complexity index is 1600. The zero-order valence-corrected chi connectivity index (χ0v) is 22.4. The number of nitrogens with zero attached hydrogens (tertiary/aromatic N) is 2. The summed E-state index contributed by atoms with van der Waals surface area (Å²) in [6.45, 7) is 9.41. The third-order valence-electron chi connectivity index (χ3n) is 5.54. The lowest BCUT2D eigenvalue weighted by molar-refractivity contribution is 0.139. The molecule has 16 heteroatoms. The number of nitrogens with one attached hydrogen (secondary N) is 4. The second kappa shape index (κ2) is 11.8. The summed E-state index contributed by atoms with van der Waals surface area (Å²) in [5, 5.41) is 21.1. The highest BCUT2D eigenvalue weighted by Gasteiger charge is 2.22. The SMILES string of the molecule is C=CC1=C(CCC(C)NC(=C)N=CN=C(N)Nc2ccc3cc(S(=O)(=O)O)ccc3c2S(=O)(=O)O)N[C@@H](O)N1. The Morgan fingerprint density at radius 3 is 2.54 bits per heavy atom. The first-order valence-electron chi connectivity index (χ1n) is 11.4. The summed E-state index contributed by atoms with van der Waals surface area (Å²) in [5.41, 5.74) is 7.29. The molecule has 0 aromatic heterocycles. The van der Waals surface area contributed by atoms with Crippen molar-refractivity contribution in [3.8, 4) is 0 Å². The van der Waals surface area contributed by atoms with Crippen LogP contribution < -0.4 is 27.0 Å². The molecule has 2 atom stereocenters. The van der Waals surface area contributed by atoms with E-state index in [0.29, 0.717) is 12.8 Å². The molecule has 0 radical (unpaired) electrons. The standard InChI is InChI=1S/C23H29N7O7S2/c1-4-18-19(30-23(31)29-18)9-5-13(2)27-14(3)25-12-26-22(24)28-20-10-6-15-11-16(38(32,33)34)7-8-17(15)21(20)39(35,36)37/h4,6-8,10-13,23,27,29-31H,1,3,5,9H2,2H3,(H,32,33,34)(H,35,36,37)(H3,24,25,26,28)/t13?,23-/m0/s1. The van der Waals surface area contributed by atoms with Gasteiger partial charge in [0.25, 0.3) is 20.2 Å². The maximum atomic E-state index is 12.1. The van der Waals surface area contributed by atoms with E-state index in [9.17, 15) is 31.0 Å². The number of nitrogens with two attached hydrogens (primary N) is 1. The normalized spacial score (nSPS) is 17.1. The van der Waals surface area contributed by atoms with Gasteiger partial charge in [-0.15, -0.1) is 0 Å². The lowest BCUT2D eigenvalue weighted by atomic mass is 10.1. The van der Waals surface area contributed by atoms with Gasteiger partial charge < -0.3 is 32.1 Å². The van der Waals surface area contributed by atoms with Crippen LogP contribution in [0.3, 0.4) is 0 Å². The predicted octanol–water partition coefficient (Wildman–Crippen LogP) is 1.18.